The van der Waals surface area contributed by atoms with Gasteiger partial charge in [0.2, 0.25) is 0 Å². The number of rotatable bonds is 3. The van der Waals surface area contributed by atoms with Gasteiger partial charge in [0.15, 0.2) is 5.76 Å². The summed E-state index contributed by atoms with van der Waals surface area (Å²) >= 11 is 0. The van der Waals surface area contributed by atoms with Crippen molar-refractivity contribution in [2.45, 2.75) is 39.8 Å². The predicted octanol–water partition coefficient (Wildman–Crippen LogP) is 3.67. The Balaban J connectivity index is 1.92. The highest BCUT2D eigenvalue weighted by Gasteiger charge is 2.15. The number of aryl methyl sites for hydroxylation is 1. The van der Waals surface area contributed by atoms with Gasteiger partial charge in [0.05, 0.1) is 5.69 Å². The van der Waals surface area contributed by atoms with Gasteiger partial charge in [-0.25, -0.2) is 4.79 Å². The maximum Gasteiger partial charge on any atom is 0.407 e. The Labute approximate surface area is 124 Å². The van der Waals surface area contributed by atoms with Crippen molar-refractivity contribution < 1.29 is 14.1 Å². The molecule has 1 aromatic carbocycles. The average Bonchev–Trinajstić information content (AvgIpc) is 2.82. The number of carbonyl (C=O) groups excluding carboxylic acids is 1. The van der Waals surface area contributed by atoms with Crippen LogP contribution in [0.5, 0.6) is 0 Å². The molecular weight excluding hydrogens is 268 g/mol. The molecule has 1 N–H and O–H groups in total. The molecule has 5 heteroatoms. The molecule has 0 bridgehead atoms. The second-order valence-corrected chi connectivity index (χ2v) is 5.88. The minimum atomic E-state index is -0.488. The third-order valence-corrected chi connectivity index (χ3v) is 2.70. The van der Waals surface area contributed by atoms with Gasteiger partial charge >= 0.3 is 6.09 Å². The van der Waals surface area contributed by atoms with E-state index in [1.807, 2.05) is 58.0 Å². The third-order valence-electron chi connectivity index (χ3n) is 2.70. The zero-order chi connectivity index (χ0) is 15.5. The van der Waals surface area contributed by atoms with E-state index < -0.39 is 11.7 Å². The van der Waals surface area contributed by atoms with Gasteiger partial charge in [-0.05, 0) is 33.3 Å². The number of amides is 1. The smallest absolute Gasteiger partial charge is 0.407 e. The van der Waals surface area contributed by atoms with Crippen LogP contribution in [0.2, 0.25) is 0 Å². The summed E-state index contributed by atoms with van der Waals surface area (Å²) < 4.78 is 10.4. The molecule has 1 heterocycles. The normalized spacial score (nSPS) is 11.2. The monoisotopic (exact) mass is 288 g/mol. The Kier molecular flexibility index (Phi) is 4.31. The molecule has 0 atom stereocenters. The molecular formula is C16H20N2O3. The van der Waals surface area contributed by atoms with Crippen LogP contribution in [0.4, 0.5) is 4.79 Å². The van der Waals surface area contributed by atoms with Crippen molar-refractivity contribution in [1.29, 1.82) is 0 Å². The first kappa shape index (κ1) is 15.1. The summed E-state index contributed by atoms with van der Waals surface area (Å²) in [4.78, 5) is 11.6. The van der Waals surface area contributed by atoms with E-state index in [2.05, 4.69) is 10.5 Å². The molecule has 0 spiro atoms. The van der Waals surface area contributed by atoms with Crippen molar-refractivity contribution in [3.63, 3.8) is 0 Å². The fourth-order valence-corrected chi connectivity index (χ4v) is 1.77. The number of nitrogens with one attached hydrogen (secondary N) is 1. The molecule has 0 unspecified atom stereocenters. The lowest BCUT2D eigenvalue weighted by Crippen LogP contribution is -2.32. The number of hydrogen-bond acceptors (Lipinski definition) is 4. The van der Waals surface area contributed by atoms with Crippen LogP contribution in [0.3, 0.4) is 0 Å². The quantitative estimate of drug-likeness (QED) is 0.935. The van der Waals surface area contributed by atoms with E-state index in [4.69, 9.17) is 9.26 Å². The topological polar surface area (TPSA) is 64.4 Å². The first-order valence-electron chi connectivity index (χ1n) is 6.83. The summed E-state index contributed by atoms with van der Waals surface area (Å²) in [6.07, 6.45) is -0.419. The summed E-state index contributed by atoms with van der Waals surface area (Å²) in [5.41, 5.74) is 2.30. The molecule has 0 aliphatic carbocycles. The van der Waals surface area contributed by atoms with Crippen LogP contribution in [0.25, 0.3) is 11.3 Å². The molecule has 0 radical (unpaired) electrons. The van der Waals surface area contributed by atoms with Crippen molar-refractivity contribution >= 4 is 6.09 Å². The fraction of sp³-hybridized carbons (Fsp3) is 0.375. The summed E-state index contributed by atoms with van der Waals surface area (Å²) in [7, 11) is 0. The summed E-state index contributed by atoms with van der Waals surface area (Å²) in [6, 6.07) is 9.63. The van der Waals surface area contributed by atoms with Crippen LogP contribution in [0.15, 0.2) is 34.9 Å². The van der Waals surface area contributed by atoms with Gasteiger partial charge < -0.3 is 14.6 Å². The van der Waals surface area contributed by atoms with E-state index in [-0.39, 0.29) is 0 Å². The maximum atomic E-state index is 11.6. The molecule has 0 fully saturated rings. The number of ether oxygens (including phenoxy) is 1. The molecule has 0 saturated carbocycles. The van der Waals surface area contributed by atoms with Gasteiger partial charge in [-0.1, -0.05) is 29.4 Å². The Morgan fingerprint density at radius 1 is 1.29 bits per heavy atom. The Morgan fingerprint density at radius 2 is 1.95 bits per heavy atom. The number of benzene rings is 1. The van der Waals surface area contributed by atoms with Crippen LogP contribution in [0.1, 0.15) is 32.0 Å². The zero-order valence-corrected chi connectivity index (χ0v) is 12.8. The Bertz CT molecular complexity index is 609. The van der Waals surface area contributed by atoms with E-state index in [1.54, 1.807) is 0 Å². The fourth-order valence-electron chi connectivity index (χ4n) is 1.77. The molecule has 21 heavy (non-hydrogen) atoms. The van der Waals surface area contributed by atoms with Crippen molar-refractivity contribution in [2.24, 2.45) is 0 Å². The maximum absolute atomic E-state index is 11.6. The molecule has 1 amide bonds. The molecule has 1 aromatic heterocycles. The number of carbonyl (C=O) groups is 1. The van der Waals surface area contributed by atoms with E-state index in [0.29, 0.717) is 6.54 Å². The average molecular weight is 288 g/mol. The first-order chi connectivity index (χ1) is 9.83. The van der Waals surface area contributed by atoms with Crippen molar-refractivity contribution in [1.82, 2.24) is 10.5 Å². The standard InChI is InChI=1S/C16H20N2O3/c1-11-9-14(21-18-11)13-7-5-12(6-8-13)10-17-15(19)20-16(2,3)4/h5-9H,10H2,1-4H3,(H,17,19). The highest BCUT2D eigenvalue weighted by molar-refractivity contribution is 5.67. The number of alkyl carbamates (subject to hydrolysis) is 1. The van der Waals surface area contributed by atoms with Gasteiger partial charge in [0.1, 0.15) is 5.60 Å². The number of nitrogens with zero attached hydrogens (tertiary/aromatic N) is 1. The first-order valence-corrected chi connectivity index (χ1v) is 6.83. The van der Waals surface area contributed by atoms with Crippen LogP contribution < -0.4 is 5.32 Å². The van der Waals surface area contributed by atoms with Crippen LogP contribution in [-0.4, -0.2) is 16.9 Å². The van der Waals surface area contributed by atoms with Gasteiger partial charge in [-0.3, -0.25) is 0 Å². The van der Waals surface area contributed by atoms with Crippen molar-refractivity contribution in [3.05, 3.63) is 41.6 Å². The zero-order valence-electron chi connectivity index (χ0n) is 12.8. The summed E-state index contributed by atoms with van der Waals surface area (Å²) in [5, 5.41) is 6.58. The van der Waals surface area contributed by atoms with Crippen LogP contribution in [-0.2, 0) is 11.3 Å². The van der Waals surface area contributed by atoms with E-state index in [0.717, 1.165) is 22.6 Å². The lowest BCUT2D eigenvalue weighted by Gasteiger charge is -2.19. The molecule has 0 saturated heterocycles. The summed E-state index contributed by atoms with van der Waals surface area (Å²) in [5.74, 6) is 0.735. The molecule has 2 aromatic rings. The van der Waals surface area contributed by atoms with Gasteiger partial charge in [0.25, 0.3) is 0 Å². The second-order valence-electron chi connectivity index (χ2n) is 5.88. The second kappa shape index (κ2) is 5.99. The number of hydrogen-bond donors (Lipinski definition) is 1. The van der Waals surface area contributed by atoms with E-state index in [9.17, 15) is 4.79 Å². The number of aromatic nitrogens is 1. The van der Waals surface area contributed by atoms with Gasteiger partial charge in [-0.2, -0.15) is 0 Å². The lowest BCUT2D eigenvalue weighted by atomic mass is 10.1. The van der Waals surface area contributed by atoms with Gasteiger partial charge in [-0.15, -0.1) is 0 Å². The molecule has 0 aliphatic rings. The van der Waals surface area contributed by atoms with Crippen LogP contribution in [0, 0.1) is 6.92 Å². The third kappa shape index (κ3) is 4.63. The predicted molar refractivity (Wildman–Crippen MR) is 79.7 cm³/mol. The minimum Gasteiger partial charge on any atom is -0.444 e. The summed E-state index contributed by atoms with van der Waals surface area (Å²) in [6.45, 7) is 7.80. The Morgan fingerprint density at radius 3 is 2.48 bits per heavy atom. The molecule has 112 valence electrons. The SMILES string of the molecule is Cc1cc(-c2ccc(CNC(=O)OC(C)(C)C)cc2)on1. The van der Waals surface area contributed by atoms with Crippen LogP contribution >= 0.6 is 0 Å². The molecule has 5 nitrogen and oxygen atoms in total. The van der Waals surface area contributed by atoms with E-state index >= 15 is 0 Å². The minimum absolute atomic E-state index is 0.419. The molecule has 2 rings (SSSR count). The van der Waals surface area contributed by atoms with Crippen molar-refractivity contribution in [2.75, 3.05) is 0 Å². The highest BCUT2D eigenvalue weighted by Crippen LogP contribution is 2.20. The highest BCUT2D eigenvalue weighted by atomic mass is 16.6. The largest absolute Gasteiger partial charge is 0.444 e. The Hall–Kier alpha value is -2.30. The van der Waals surface area contributed by atoms with Crippen molar-refractivity contribution in [3.8, 4) is 11.3 Å². The lowest BCUT2D eigenvalue weighted by molar-refractivity contribution is 0.0523. The van der Waals surface area contributed by atoms with E-state index in [1.165, 1.54) is 0 Å². The van der Waals surface area contributed by atoms with Gasteiger partial charge in [0, 0.05) is 18.2 Å². The molecule has 0 aliphatic heterocycles.